The number of hydrogen-bond acceptors (Lipinski definition) is 6. The highest BCUT2D eigenvalue weighted by Gasteiger charge is 2.29. The monoisotopic (exact) mass is 573 g/mol. The molecule has 0 saturated carbocycles. The number of amides is 2. The van der Waals surface area contributed by atoms with Crippen LogP contribution in [-0.4, -0.2) is 48.2 Å². The Labute approximate surface area is 241 Å². The summed E-state index contributed by atoms with van der Waals surface area (Å²) < 4.78 is 24.4. The second kappa shape index (κ2) is 11.5. The predicted octanol–water partition coefficient (Wildman–Crippen LogP) is 6.10. The van der Waals surface area contributed by atoms with E-state index >= 15 is 0 Å². The van der Waals surface area contributed by atoms with Gasteiger partial charge in [0.1, 0.15) is 11.3 Å². The molecule has 0 spiro atoms. The van der Waals surface area contributed by atoms with Gasteiger partial charge >= 0.3 is 5.97 Å². The SMILES string of the molecule is CNC(=O)c1c(/C(C)=C/C=C(\C)F)oc2c1cc(-c1cccc(C(=O)NC(C)(C)C)c1)c1[nH]cc(C(=O)C(=O)OC)c12. The second-order valence-corrected chi connectivity index (χ2v) is 10.8. The molecule has 2 aromatic carbocycles. The lowest BCUT2D eigenvalue weighted by atomic mass is 9.95. The van der Waals surface area contributed by atoms with Crippen molar-refractivity contribution in [2.24, 2.45) is 0 Å². The van der Waals surface area contributed by atoms with Gasteiger partial charge in [-0.25, -0.2) is 9.18 Å². The van der Waals surface area contributed by atoms with Crippen molar-refractivity contribution in [1.82, 2.24) is 15.6 Å². The summed E-state index contributed by atoms with van der Waals surface area (Å²) in [4.78, 5) is 54.6. The van der Waals surface area contributed by atoms with Gasteiger partial charge in [-0.15, -0.1) is 0 Å². The normalized spacial score (nSPS) is 12.5. The molecule has 0 aliphatic rings. The first-order valence-corrected chi connectivity index (χ1v) is 13.2. The number of ether oxygens (including phenoxy) is 1. The van der Waals surface area contributed by atoms with Crippen LogP contribution in [0.15, 0.2) is 58.9 Å². The van der Waals surface area contributed by atoms with Gasteiger partial charge in [0.05, 0.1) is 35.0 Å². The van der Waals surface area contributed by atoms with E-state index in [1.807, 2.05) is 20.8 Å². The average molecular weight is 574 g/mol. The maximum atomic E-state index is 13.5. The summed E-state index contributed by atoms with van der Waals surface area (Å²) in [5, 5.41) is 6.16. The highest BCUT2D eigenvalue weighted by Crippen LogP contribution is 2.42. The van der Waals surface area contributed by atoms with Gasteiger partial charge in [-0.05, 0) is 70.0 Å². The number of ketones is 1. The topological polar surface area (TPSA) is 130 Å². The fourth-order valence-electron chi connectivity index (χ4n) is 4.65. The number of allylic oxidation sites excluding steroid dienone is 4. The Kier molecular flexibility index (Phi) is 8.19. The molecule has 4 aromatic rings. The number of esters is 1. The van der Waals surface area contributed by atoms with Crippen LogP contribution in [0.5, 0.6) is 0 Å². The molecule has 0 radical (unpaired) electrons. The number of benzene rings is 2. The fourth-order valence-corrected chi connectivity index (χ4v) is 4.65. The van der Waals surface area contributed by atoms with Crippen molar-refractivity contribution in [3.8, 4) is 11.1 Å². The average Bonchev–Trinajstić information content (AvgIpc) is 3.55. The van der Waals surface area contributed by atoms with E-state index in [9.17, 15) is 23.6 Å². The van der Waals surface area contributed by atoms with E-state index in [1.165, 1.54) is 32.3 Å². The molecule has 0 aliphatic heterocycles. The summed E-state index contributed by atoms with van der Waals surface area (Å²) in [6.07, 6.45) is 4.10. The lowest BCUT2D eigenvalue weighted by Gasteiger charge is -2.20. The Morgan fingerprint density at radius 2 is 1.76 bits per heavy atom. The van der Waals surface area contributed by atoms with Crippen molar-refractivity contribution in [3.63, 3.8) is 0 Å². The van der Waals surface area contributed by atoms with Crippen LogP contribution in [0, 0.1) is 0 Å². The number of fused-ring (bicyclic) bond motifs is 3. The number of Topliss-reactive ketones (excluding diaryl/α,β-unsaturated/α-hetero) is 1. The summed E-state index contributed by atoms with van der Waals surface area (Å²) >= 11 is 0. The highest BCUT2D eigenvalue weighted by atomic mass is 19.1. The van der Waals surface area contributed by atoms with Crippen molar-refractivity contribution in [1.29, 1.82) is 0 Å². The number of methoxy groups -OCH3 is 1. The maximum Gasteiger partial charge on any atom is 0.379 e. The summed E-state index contributed by atoms with van der Waals surface area (Å²) in [6.45, 7) is 8.59. The van der Waals surface area contributed by atoms with Gasteiger partial charge in [0, 0.05) is 35.3 Å². The molecule has 3 N–H and O–H groups in total. The van der Waals surface area contributed by atoms with E-state index in [0.29, 0.717) is 33.2 Å². The number of furan rings is 1. The lowest BCUT2D eigenvalue weighted by Crippen LogP contribution is -2.40. The lowest BCUT2D eigenvalue weighted by molar-refractivity contribution is -0.135. The number of carbonyl (C=O) groups excluding carboxylic acids is 4. The molecule has 0 unspecified atom stereocenters. The number of rotatable bonds is 7. The van der Waals surface area contributed by atoms with Gasteiger partial charge in [-0.1, -0.05) is 18.2 Å². The van der Waals surface area contributed by atoms with Crippen molar-refractivity contribution in [3.05, 3.63) is 77.0 Å². The van der Waals surface area contributed by atoms with Crippen LogP contribution < -0.4 is 10.6 Å². The smallest absolute Gasteiger partial charge is 0.379 e. The molecule has 0 bridgehead atoms. The third-order valence-electron chi connectivity index (χ3n) is 6.53. The first kappa shape index (κ1) is 30.0. The maximum absolute atomic E-state index is 13.5. The summed E-state index contributed by atoms with van der Waals surface area (Å²) in [7, 11) is 2.57. The zero-order valence-electron chi connectivity index (χ0n) is 24.4. The molecule has 0 aliphatic carbocycles. The van der Waals surface area contributed by atoms with Gasteiger partial charge in [0.25, 0.3) is 17.6 Å². The van der Waals surface area contributed by atoms with Crippen LogP contribution >= 0.6 is 0 Å². The van der Waals surface area contributed by atoms with Gasteiger partial charge in [-0.3, -0.25) is 14.4 Å². The van der Waals surface area contributed by atoms with Gasteiger partial charge in [-0.2, -0.15) is 0 Å². The predicted molar refractivity (Wildman–Crippen MR) is 159 cm³/mol. The van der Waals surface area contributed by atoms with Gasteiger partial charge < -0.3 is 24.8 Å². The highest BCUT2D eigenvalue weighted by molar-refractivity contribution is 6.44. The molecule has 0 atom stereocenters. The molecule has 10 heteroatoms. The van der Waals surface area contributed by atoms with Crippen molar-refractivity contribution < 1.29 is 32.7 Å². The standard InChI is InChI=1S/C32H32FN3O6/c1-16(11-12-17(2)33)27-24(30(39)34-6)21-14-20(18-9-8-10-19(13-18)29(38)36-32(3,4)5)25-23(28(21)42-27)22(15-35-25)26(37)31(40)41-7/h8-15,35H,1-7H3,(H,34,39)(H,36,38)/b16-11+,17-12+. The van der Waals surface area contributed by atoms with Crippen LogP contribution in [0.25, 0.3) is 38.6 Å². The molecule has 0 fully saturated rings. The number of aromatic nitrogens is 1. The second-order valence-electron chi connectivity index (χ2n) is 10.8. The third-order valence-corrected chi connectivity index (χ3v) is 6.53. The van der Waals surface area contributed by atoms with Crippen molar-refractivity contribution >= 4 is 51.0 Å². The van der Waals surface area contributed by atoms with Gasteiger partial charge in [0.15, 0.2) is 0 Å². The largest absolute Gasteiger partial charge is 0.463 e. The molecule has 9 nitrogen and oxygen atoms in total. The minimum Gasteiger partial charge on any atom is -0.463 e. The molecule has 2 heterocycles. The van der Waals surface area contributed by atoms with E-state index in [1.54, 1.807) is 37.3 Å². The first-order chi connectivity index (χ1) is 19.8. The Morgan fingerprint density at radius 1 is 1.05 bits per heavy atom. The minimum atomic E-state index is -1.08. The Balaban J connectivity index is 2.11. The summed E-state index contributed by atoms with van der Waals surface area (Å²) in [6, 6.07) is 8.62. The van der Waals surface area contributed by atoms with E-state index in [4.69, 9.17) is 4.42 Å². The minimum absolute atomic E-state index is 0.0183. The molecule has 218 valence electrons. The Hall–Kier alpha value is -4.99. The van der Waals surface area contributed by atoms with Crippen LogP contribution in [0.1, 0.15) is 71.5 Å². The first-order valence-electron chi connectivity index (χ1n) is 13.2. The fraction of sp³-hybridized carbons (Fsp3) is 0.250. The van der Waals surface area contributed by atoms with E-state index in [0.717, 1.165) is 7.11 Å². The Bertz CT molecular complexity index is 1810. The molecule has 42 heavy (non-hydrogen) atoms. The van der Waals surface area contributed by atoms with Crippen LogP contribution in [0.2, 0.25) is 0 Å². The number of aromatic amines is 1. The number of nitrogens with one attached hydrogen (secondary N) is 3. The van der Waals surface area contributed by atoms with E-state index in [-0.39, 0.29) is 33.8 Å². The van der Waals surface area contributed by atoms with Crippen molar-refractivity contribution in [2.45, 2.75) is 40.2 Å². The molecule has 4 rings (SSSR count). The Morgan fingerprint density at radius 3 is 2.38 bits per heavy atom. The summed E-state index contributed by atoms with van der Waals surface area (Å²) in [5.41, 5.74) is 2.30. The van der Waals surface area contributed by atoms with Crippen LogP contribution in [0.4, 0.5) is 4.39 Å². The molecular formula is C32H32FN3O6. The molecular weight excluding hydrogens is 541 g/mol. The molecule has 2 aromatic heterocycles. The van der Waals surface area contributed by atoms with E-state index in [2.05, 4.69) is 20.4 Å². The van der Waals surface area contributed by atoms with Crippen molar-refractivity contribution in [2.75, 3.05) is 14.2 Å². The number of hydrogen-bond donors (Lipinski definition) is 3. The zero-order valence-corrected chi connectivity index (χ0v) is 24.4. The number of H-pyrrole nitrogens is 1. The van der Waals surface area contributed by atoms with E-state index < -0.39 is 29.0 Å². The molecule has 0 saturated heterocycles. The quantitative estimate of drug-likeness (QED) is 0.106. The summed E-state index contributed by atoms with van der Waals surface area (Å²) in [5.74, 6) is -3.02. The zero-order chi connectivity index (χ0) is 30.9. The number of halogens is 1. The third kappa shape index (κ3) is 5.74. The number of carbonyl (C=O) groups is 4. The van der Waals surface area contributed by atoms with Crippen LogP contribution in [0.3, 0.4) is 0 Å². The van der Waals surface area contributed by atoms with Gasteiger partial charge in [0.2, 0.25) is 0 Å². The molecule has 2 amide bonds. The van der Waals surface area contributed by atoms with Crippen LogP contribution in [-0.2, 0) is 9.53 Å².